The molecule has 138 valence electrons. The first-order chi connectivity index (χ1) is 12.8. The standard InChI is InChI=1S/C20H19ClN4OS/c1-20(2,26)19-10-16(25(23-19)15-7-5-4-6-14(15)21)18-9-8-17(27-18)13-11-22-24(3)12-13/h4-12,26H,1-3H3. The average Bonchev–Trinajstić information content (AvgIpc) is 3.32. The molecule has 0 amide bonds. The third-order valence-corrected chi connectivity index (χ3v) is 5.74. The number of aliphatic hydroxyl groups is 1. The van der Waals surface area contributed by atoms with Crippen LogP contribution in [-0.2, 0) is 12.6 Å². The summed E-state index contributed by atoms with van der Waals surface area (Å²) in [5.74, 6) is 0. The van der Waals surface area contributed by atoms with Crippen molar-refractivity contribution in [2.45, 2.75) is 19.4 Å². The van der Waals surface area contributed by atoms with Gasteiger partial charge in [-0.05, 0) is 44.2 Å². The van der Waals surface area contributed by atoms with Gasteiger partial charge in [0.15, 0.2) is 0 Å². The van der Waals surface area contributed by atoms with Crippen LogP contribution in [-0.4, -0.2) is 24.7 Å². The fourth-order valence-electron chi connectivity index (χ4n) is 2.84. The fraction of sp³-hybridized carbons (Fsp3) is 0.200. The lowest BCUT2D eigenvalue weighted by molar-refractivity contribution is 0.0734. The van der Waals surface area contributed by atoms with Crippen molar-refractivity contribution in [1.29, 1.82) is 0 Å². The van der Waals surface area contributed by atoms with Crippen molar-refractivity contribution in [2.75, 3.05) is 0 Å². The first kappa shape index (κ1) is 18.0. The van der Waals surface area contributed by atoms with E-state index >= 15 is 0 Å². The minimum atomic E-state index is -1.05. The summed E-state index contributed by atoms with van der Waals surface area (Å²) < 4.78 is 3.59. The van der Waals surface area contributed by atoms with Gasteiger partial charge in [-0.25, -0.2) is 4.68 Å². The Kier molecular flexibility index (Phi) is 4.42. The van der Waals surface area contributed by atoms with E-state index in [1.807, 2.05) is 49.8 Å². The number of nitrogens with zero attached hydrogens (tertiary/aromatic N) is 4. The van der Waals surface area contributed by atoms with Crippen molar-refractivity contribution in [3.05, 3.63) is 65.6 Å². The number of aromatic nitrogens is 4. The third kappa shape index (κ3) is 3.43. The molecule has 4 aromatic rings. The van der Waals surface area contributed by atoms with E-state index in [0.29, 0.717) is 10.7 Å². The van der Waals surface area contributed by atoms with Crippen LogP contribution in [0.3, 0.4) is 0 Å². The number of rotatable bonds is 4. The zero-order valence-electron chi connectivity index (χ0n) is 15.2. The van der Waals surface area contributed by atoms with Gasteiger partial charge in [0, 0.05) is 23.7 Å². The Morgan fingerprint density at radius 3 is 2.52 bits per heavy atom. The molecule has 4 rings (SSSR count). The number of hydrogen-bond acceptors (Lipinski definition) is 4. The van der Waals surface area contributed by atoms with Gasteiger partial charge < -0.3 is 5.11 Å². The quantitative estimate of drug-likeness (QED) is 0.533. The molecule has 0 saturated heterocycles. The Labute approximate surface area is 166 Å². The second-order valence-electron chi connectivity index (χ2n) is 6.90. The Balaban J connectivity index is 1.86. The molecule has 0 unspecified atom stereocenters. The summed E-state index contributed by atoms with van der Waals surface area (Å²) in [6.07, 6.45) is 3.84. The van der Waals surface area contributed by atoms with Crippen molar-refractivity contribution >= 4 is 22.9 Å². The topological polar surface area (TPSA) is 55.9 Å². The number of para-hydroxylation sites is 1. The van der Waals surface area contributed by atoms with Crippen molar-refractivity contribution in [3.8, 4) is 26.7 Å². The number of hydrogen-bond donors (Lipinski definition) is 1. The number of halogens is 1. The molecule has 1 aromatic carbocycles. The van der Waals surface area contributed by atoms with Crippen LogP contribution >= 0.6 is 22.9 Å². The molecule has 0 fully saturated rings. The van der Waals surface area contributed by atoms with Gasteiger partial charge in [0.2, 0.25) is 0 Å². The Morgan fingerprint density at radius 1 is 1.11 bits per heavy atom. The first-order valence-electron chi connectivity index (χ1n) is 8.50. The third-order valence-electron chi connectivity index (χ3n) is 4.26. The predicted molar refractivity (Wildman–Crippen MR) is 109 cm³/mol. The van der Waals surface area contributed by atoms with Crippen molar-refractivity contribution in [3.63, 3.8) is 0 Å². The van der Waals surface area contributed by atoms with E-state index in [-0.39, 0.29) is 0 Å². The highest BCUT2D eigenvalue weighted by atomic mass is 35.5. The summed E-state index contributed by atoms with van der Waals surface area (Å²) >= 11 is 8.07. The van der Waals surface area contributed by atoms with Gasteiger partial charge in [0.1, 0.15) is 5.60 Å². The van der Waals surface area contributed by atoms with Gasteiger partial charge in [-0.2, -0.15) is 10.2 Å². The summed E-state index contributed by atoms with van der Waals surface area (Å²) in [6, 6.07) is 13.6. The molecule has 0 aliphatic carbocycles. The lowest BCUT2D eigenvalue weighted by atomic mass is 10.1. The number of thiophene rings is 1. The van der Waals surface area contributed by atoms with Crippen molar-refractivity contribution in [2.24, 2.45) is 7.05 Å². The van der Waals surface area contributed by atoms with Gasteiger partial charge >= 0.3 is 0 Å². The van der Waals surface area contributed by atoms with Crippen LogP contribution in [0.15, 0.2) is 54.9 Å². The minimum absolute atomic E-state index is 0.591. The second kappa shape index (κ2) is 6.64. The normalized spacial score (nSPS) is 11.9. The highest BCUT2D eigenvalue weighted by molar-refractivity contribution is 7.18. The molecule has 0 spiro atoms. The highest BCUT2D eigenvalue weighted by Gasteiger charge is 2.24. The van der Waals surface area contributed by atoms with Crippen LogP contribution in [0.5, 0.6) is 0 Å². The highest BCUT2D eigenvalue weighted by Crippen LogP contribution is 2.37. The second-order valence-corrected chi connectivity index (χ2v) is 8.39. The van der Waals surface area contributed by atoms with E-state index < -0.39 is 5.60 Å². The maximum atomic E-state index is 10.5. The molecular weight excluding hydrogens is 380 g/mol. The molecule has 1 N–H and O–H groups in total. The first-order valence-corrected chi connectivity index (χ1v) is 9.69. The van der Waals surface area contributed by atoms with Crippen LogP contribution in [0, 0.1) is 0 Å². The number of benzene rings is 1. The molecular formula is C20H19ClN4OS. The van der Waals surface area contributed by atoms with Gasteiger partial charge in [0.25, 0.3) is 0 Å². The summed E-state index contributed by atoms with van der Waals surface area (Å²) in [5.41, 5.74) is 2.28. The van der Waals surface area contributed by atoms with Crippen molar-refractivity contribution < 1.29 is 5.11 Å². The van der Waals surface area contributed by atoms with Crippen molar-refractivity contribution in [1.82, 2.24) is 19.6 Å². The summed E-state index contributed by atoms with van der Waals surface area (Å²) in [6.45, 7) is 3.46. The minimum Gasteiger partial charge on any atom is -0.384 e. The zero-order valence-corrected chi connectivity index (χ0v) is 16.8. The van der Waals surface area contributed by atoms with Gasteiger partial charge in [-0.15, -0.1) is 11.3 Å². The molecule has 0 atom stereocenters. The maximum Gasteiger partial charge on any atom is 0.103 e. The van der Waals surface area contributed by atoms with Crippen LogP contribution in [0.25, 0.3) is 26.7 Å². The van der Waals surface area contributed by atoms with E-state index in [1.165, 1.54) is 0 Å². The smallest absolute Gasteiger partial charge is 0.103 e. The van der Waals surface area contributed by atoms with Crippen LogP contribution in [0.1, 0.15) is 19.5 Å². The number of aryl methyl sites for hydroxylation is 1. The Bertz CT molecular complexity index is 1100. The monoisotopic (exact) mass is 398 g/mol. The molecule has 0 saturated carbocycles. The fourth-order valence-corrected chi connectivity index (χ4v) is 4.04. The average molecular weight is 399 g/mol. The molecule has 0 radical (unpaired) electrons. The van der Waals surface area contributed by atoms with E-state index in [9.17, 15) is 5.11 Å². The summed E-state index contributed by atoms with van der Waals surface area (Å²) in [4.78, 5) is 2.16. The zero-order chi connectivity index (χ0) is 19.2. The molecule has 5 nitrogen and oxygen atoms in total. The largest absolute Gasteiger partial charge is 0.384 e. The SMILES string of the molecule is Cn1cc(-c2ccc(-c3cc(C(C)(C)O)nn3-c3ccccc3Cl)s2)cn1. The van der Waals surface area contributed by atoms with Crippen LogP contribution in [0.4, 0.5) is 0 Å². The maximum absolute atomic E-state index is 10.5. The molecule has 0 bridgehead atoms. The molecule has 0 aliphatic rings. The van der Waals surface area contributed by atoms with E-state index in [0.717, 1.165) is 26.7 Å². The van der Waals surface area contributed by atoms with Gasteiger partial charge in [-0.1, -0.05) is 23.7 Å². The lowest BCUT2D eigenvalue weighted by Crippen LogP contribution is -2.16. The van der Waals surface area contributed by atoms with E-state index in [2.05, 4.69) is 22.3 Å². The van der Waals surface area contributed by atoms with Crippen LogP contribution in [0.2, 0.25) is 5.02 Å². The Morgan fingerprint density at radius 2 is 1.85 bits per heavy atom. The van der Waals surface area contributed by atoms with Gasteiger partial charge in [-0.3, -0.25) is 4.68 Å². The summed E-state index contributed by atoms with van der Waals surface area (Å²) in [7, 11) is 1.90. The molecule has 3 heterocycles. The summed E-state index contributed by atoms with van der Waals surface area (Å²) in [5, 5.41) is 20.0. The predicted octanol–water partition coefficient (Wildman–Crippen LogP) is 4.88. The molecule has 7 heteroatoms. The molecule has 3 aromatic heterocycles. The Hall–Kier alpha value is -2.41. The van der Waals surface area contributed by atoms with Gasteiger partial charge in [0.05, 0.1) is 33.2 Å². The lowest BCUT2D eigenvalue weighted by Gasteiger charge is -2.13. The van der Waals surface area contributed by atoms with Crippen LogP contribution < -0.4 is 0 Å². The molecule has 27 heavy (non-hydrogen) atoms. The van der Waals surface area contributed by atoms with E-state index in [1.54, 1.807) is 34.5 Å². The molecule has 0 aliphatic heterocycles. The van der Waals surface area contributed by atoms with E-state index in [4.69, 9.17) is 11.6 Å².